The van der Waals surface area contributed by atoms with E-state index in [1.807, 2.05) is 38.4 Å². The fourth-order valence-corrected chi connectivity index (χ4v) is 2.67. The molecule has 0 aliphatic rings. The number of rotatable bonds is 6. The van der Waals surface area contributed by atoms with E-state index in [-0.39, 0.29) is 24.3 Å². The van der Waals surface area contributed by atoms with Crippen molar-refractivity contribution in [3.8, 4) is 0 Å². The Hall–Kier alpha value is -2.89. The molecule has 132 valence electrons. The molecule has 0 radical (unpaired) electrons. The predicted molar refractivity (Wildman–Crippen MR) is 99.7 cm³/mol. The van der Waals surface area contributed by atoms with Gasteiger partial charge in [-0.15, -0.1) is 0 Å². The topological polar surface area (TPSA) is 76.0 Å². The Balaban J connectivity index is 2.10. The van der Waals surface area contributed by atoms with Crippen LogP contribution < -0.4 is 10.6 Å². The molecule has 2 aromatic rings. The normalized spacial score (nSPS) is 10.6. The van der Waals surface area contributed by atoms with Crippen LogP contribution in [0.3, 0.4) is 0 Å². The van der Waals surface area contributed by atoms with Crippen molar-refractivity contribution in [3.63, 3.8) is 0 Å². The SMILES string of the molecule is C=CC(=O)Nc1cccc(CC(=O)Nc2c(C)nn(C(C)C)c2C)c1. The van der Waals surface area contributed by atoms with Crippen molar-refractivity contribution in [2.45, 2.75) is 40.2 Å². The molecule has 0 unspecified atom stereocenters. The smallest absolute Gasteiger partial charge is 0.247 e. The molecule has 2 N–H and O–H groups in total. The van der Waals surface area contributed by atoms with Gasteiger partial charge in [-0.25, -0.2) is 0 Å². The van der Waals surface area contributed by atoms with E-state index in [2.05, 4.69) is 22.3 Å². The molecule has 0 bridgehead atoms. The van der Waals surface area contributed by atoms with Crippen molar-refractivity contribution in [1.82, 2.24) is 9.78 Å². The van der Waals surface area contributed by atoms with E-state index in [1.165, 1.54) is 6.08 Å². The van der Waals surface area contributed by atoms with E-state index >= 15 is 0 Å². The van der Waals surface area contributed by atoms with Gasteiger partial charge in [-0.1, -0.05) is 18.7 Å². The van der Waals surface area contributed by atoms with Crippen LogP contribution >= 0.6 is 0 Å². The first kappa shape index (κ1) is 18.4. The minimum absolute atomic E-state index is 0.123. The number of carbonyl (C=O) groups is 2. The summed E-state index contributed by atoms with van der Waals surface area (Å²) in [6, 6.07) is 7.42. The molecule has 0 saturated carbocycles. The van der Waals surface area contributed by atoms with Gasteiger partial charge in [0.15, 0.2) is 0 Å². The Bertz CT molecular complexity index is 806. The van der Waals surface area contributed by atoms with E-state index in [4.69, 9.17) is 0 Å². The lowest BCUT2D eigenvalue weighted by Crippen LogP contribution is -2.16. The molecule has 1 aromatic carbocycles. The molecule has 0 saturated heterocycles. The van der Waals surface area contributed by atoms with Crippen molar-refractivity contribution in [1.29, 1.82) is 0 Å². The number of carbonyl (C=O) groups excluding carboxylic acids is 2. The van der Waals surface area contributed by atoms with Crippen LogP contribution in [0.1, 0.15) is 36.8 Å². The van der Waals surface area contributed by atoms with Crippen molar-refractivity contribution in [3.05, 3.63) is 53.9 Å². The summed E-state index contributed by atoms with van der Waals surface area (Å²) in [7, 11) is 0. The minimum Gasteiger partial charge on any atom is -0.323 e. The molecule has 0 aliphatic heterocycles. The van der Waals surface area contributed by atoms with Gasteiger partial charge in [-0.05, 0) is 51.5 Å². The van der Waals surface area contributed by atoms with Crippen molar-refractivity contribution in [2.75, 3.05) is 10.6 Å². The quantitative estimate of drug-likeness (QED) is 0.792. The summed E-state index contributed by atoms with van der Waals surface area (Å²) in [6.45, 7) is 11.3. The standard InChI is InChI=1S/C19H24N4O2/c1-6-17(24)20-16-9-7-8-15(10-16)11-18(25)21-19-13(4)22-23(12(2)3)14(19)5/h6-10,12H,1,11H2,2-5H3,(H,20,24)(H,21,25). The van der Waals surface area contributed by atoms with Gasteiger partial charge < -0.3 is 10.6 Å². The van der Waals surface area contributed by atoms with E-state index in [0.29, 0.717) is 5.69 Å². The highest BCUT2D eigenvalue weighted by Gasteiger charge is 2.16. The lowest BCUT2D eigenvalue weighted by Gasteiger charge is -2.10. The number of anilines is 2. The first-order valence-electron chi connectivity index (χ1n) is 8.19. The second-order valence-electron chi connectivity index (χ2n) is 6.20. The Labute approximate surface area is 147 Å². The number of aromatic nitrogens is 2. The second-order valence-corrected chi connectivity index (χ2v) is 6.20. The number of benzene rings is 1. The maximum atomic E-state index is 12.4. The molecule has 25 heavy (non-hydrogen) atoms. The highest BCUT2D eigenvalue weighted by molar-refractivity contribution is 5.99. The molecule has 0 atom stereocenters. The predicted octanol–water partition coefficient (Wildman–Crippen LogP) is 3.39. The summed E-state index contributed by atoms with van der Waals surface area (Å²) in [5, 5.41) is 10.1. The fourth-order valence-electron chi connectivity index (χ4n) is 2.67. The van der Waals surface area contributed by atoms with E-state index in [1.54, 1.807) is 18.2 Å². The largest absolute Gasteiger partial charge is 0.323 e. The molecule has 1 aromatic heterocycles. The number of nitrogens with one attached hydrogen (secondary N) is 2. The summed E-state index contributed by atoms with van der Waals surface area (Å²) >= 11 is 0. The maximum absolute atomic E-state index is 12.4. The van der Waals surface area contributed by atoms with Crippen LogP contribution in [-0.4, -0.2) is 21.6 Å². The number of hydrogen-bond acceptors (Lipinski definition) is 3. The van der Waals surface area contributed by atoms with Gasteiger partial charge in [0, 0.05) is 11.7 Å². The third-order valence-electron chi connectivity index (χ3n) is 3.82. The zero-order valence-corrected chi connectivity index (χ0v) is 15.1. The number of amides is 2. The summed E-state index contributed by atoms with van der Waals surface area (Å²) in [5.74, 6) is -0.407. The summed E-state index contributed by atoms with van der Waals surface area (Å²) in [4.78, 5) is 23.8. The average molecular weight is 340 g/mol. The molecule has 1 heterocycles. The molecule has 0 spiro atoms. The van der Waals surface area contributed by atoms with E-state index in [9.17, 15) is 9.59 Å². The van der Waals surface area contributed by atoms with Crippen LogP contribution in [0.5, 0.6) is 0 Å². The molecule has 6 heteroatoms. The van der Waals surface area contributed by atoms with Gasteiger partial charge in [0.1, 0.15) is 0 Å². The Kier molecular flexibility index (Phi) is 5.75. The van der Waals surface area contributed by atoms with Crippen molar-refractivity contribution in [2.24, 2.45) is 0 Å². The van der Waals surface area contributed by atoms with E-state index < -0.39 is 0 Å². The lowest BCUT2D eigenvalue weighted by atomic mass is 10.1. The highest BCUT2D eigenvalue weighted by atomic mass is 16.2. The maximum Gasteiger partial charge on any atom is 0.247 e. The molecule has 2 amide bonds. The first-order valence-corrected chi connectivity index (χ1v) is 8.19. The van der Waals surface area contributed by atoms with Gasteiger partial charge in [0.05, 0.1) is 23.5 Å². The third kappa shape index (κ3) is 4.56. The number of aryl methyl sites for hydroxylation is 1. The van der Waals surface area contributed by atoms with Gasteiger partial charge in [0.2, 0.25) is 11.8 Å². The average Bonchev–Trinajstić information content (AvgIpc) is 2.83. The lowest BCUT2D eigenvalue weighted by molar-refractivity contribution is -0.115. The molecule has 0 aliphatic carbocycles. The number of nitrogens with zero attached hydrogens (tertiary/aromatic N) is 2. The van der Waals surface area contributed by atoms with Crippen LogP contribution in [0.25, 0.3) is 0 Å². The molecule has 6 nitrogen and oxygen atoms in total. The molecular weight excluding hydrogens is 316 g/mol. The minimum atomic E-state index is -0.283. The van der Waals surface area contributed by atoms with Crippen LogP contribution in [0.2, 0.25) is 0 Å². The first-order chi connectivity index (χ1) is 11.8. The monoisotopic (exact) mass is 340 g/mol. The Morgan fingerprint density at radius 3 is 2.60 bits per heavy atom. The van der Waals surface area contributed by atoms with Crippen LogP contribution in [0.15, 0.2) is 36.9 Å². The second kappa shape index (κ2) is 7.79. The summed E-state index contributed by atoms with van der Waals surface area (Å²) in [5.41, 5.74) is 3.94. The van der Waals surface area contributed by atoms with Crippen LogP contribution in [0.4, 0.5) is 11.4 Å². The molecular formula is C19H24N4O2. The van der Waals surface area contributed by atoms with Crippen LogP contribution in [0, 0.1) is 13.8 Å². The zero-order chi connectivity index (χ0) is 18.6. The Morgan fingerprint density at radius 1 is 1.28 bits per heavy atom. The van der Waals surface area contributed by atoms with Crippen LogP contribution in [-0.2, 0) is 16.0 Å². The van der Waals surface area contributed by atoms with Crippen molar-refractivity contribution < 1.29 is 9.59 Å². The van der Waals surface area contributed by atoms with Gasteiger partial charge in [0.25, 0.3) is 0 Å². The molecule has 2 rings (SSSR count). The number of hydrogen-bond donors (Lipinski definition) is 2. The zero-order valence-electron chi connectivity index (χ0n) is 15.1. The fraction of sp³-hybridized carbons (Fsp3) is 0.316. The molecule has 0 fully saturated rings. The third-order valence-corrected chi connectivity index (χ3v) is 3.82. The van der Waals surface area contributed by atoms with E-state index in [0.717, 1.165) is 22.6 Å². The highest BCUT2D eigenvalue weighted by Crippen LogP contribution is 2.22. The summed E-state index contributed by atoms with van der Waals surface area (Å²) < 4.78 is 1.90. The van der Waals surface area contributed by atoms with Gasteiger partial charge in [-0.3, -0.25) is 14.3 Å². The summed E-state index contributed by atoms with van der Waals surface area (Å²) in [6.07, 6.45) is 1.42. The van der Waals surface area contributed by atoms with Crippen molar-refractivity contribution >= 4 is 23.2 Å². The van der Waals surface area contributed by atoms with Gasteiger partial charge in [-0.2, -0.15) is 5.10 Å². The Morgan fingerprint density at radius 2 is 2.00 bits per heavy atom. The van der Waals surface area contributed by atoms with Gasteiger partial charge >= 0.3 is 0 Å².